The van der Waals surface area contributed by atoms with Gasteiger partial charge in [-0.15, -0.1) is 0 Å². The van der Waals surface area contributed by atoms with Crippen LogP contribution in [0.4, 0.5) is 0 Å². The van der Waals surface area contributed by atoms with Crippen LogP contribution in [0.25, 0.3) is 0 Å². The van der Waals surface area contributed by atoms with E-state index in [9.17, 15) is 4.79 Å². The summed E-state index contributed by atoms with van der Waals surface area (Å²) in [5.74, 6) is 0.805. The zero-order valence-electron chi connectivity index (χ0n) is 11.9. The second-order valence-electron chi connectivity index (χ2n) is 5.91. The lowest BCUT2D eigenvalue weighted by Crippen LogP contribution is -2.52. The third kappa shape index (κ3) is 2.08. The fraction of sp³-hybridized carbons (Fsp3) is 0.562. The van der Waals surface area contributed by atoms with Gasteiger partial charge in [-0.2, -0.15) is 0 Å². The molecule has 1 amide bonds. The average Bonchev–Trinajstić information content (AvgIpc) is 3.08. The molecule has 2 aliphatic rings. The number of amides is 1. The van der Waals surface area contributed by atoms with E-state index in [4.69, 9.17) is 10.5 Å². The van der Waals surface area contributed by atoms with Crippen LogP contribution in [-0.4, -0.2) is 19.1 Å². The van der Waals surface area contributed by atoms with Crippen LogP contribution in [0.2, 0.25) is 0 Å². The first-order valence-electron chi connectivity index (χ1n) is 7.41. The second-order valence-corrected chi connectivity index (χ2v) is 5.91. The van der Waals surface area contributed by atoms with Crippen LogP contribution in [0.5, 0.6) is 5.75 Å². The van der Waals surface area contributed by atoms with Crippen molar-refractivity contribution < 1.29 is 9.53 Å². The van der Waals surface area contributed by atoms with Gasteiger partial charge in [0.2, 0.25) is 5.91 Å². The van der Waals surface area contributed by atoms with Crippen LogP contribution in [0.3, 0.4) is 0 Å². The van der Waals surface area contributed by atoms with Crippen molar-refractivity contribution in [1.82, 2.24) is 5.32 Å². The number of carbonyl (C=O) groups excluding carboxylic acids is 1. The highest BCUT2D eigenvalue weighted by Crippen LogP contribution is 2.40. The fourth-order valence-electron chi connectivity index (χ4n) is 3.51. The summed E-state index contributed by atoms with van der Waals surface area (Å²) in [5, 5.41) is 3.13. The van der Waals surface area contributed by atoms with E-state index in [1.54, 1.807) is 7.11 Å². The van der Waals surface area contributed by atoms with Gasteiger partial charge in [-0.1, -0.05) is 25.0 Å². The van der Waals surface area contributed by atoms with Crippen molar-refractivity contribution in [2.75, 3.05) is 7.11 Å². The van der Waals surface area contributed by atoms with Crippen molar-refractivity contribution in [3.05, 3.63) is 29.3 Å². The molecule has 3 rings (SSSR count). The highest BCUT2D eigenvalue weighted by Gasteiger charge is 2.43. The molecule has 0 radical (unpaired) electrons. The zero-order chi connectivity index (χ0) is 14.2. The van der Waals surface area contributed by atoms with Crippen LogP contribution < -0.4 is 15.8 Å². The Morgan fingerprint density at radius 1 is 1.40 bits per heavy atom. The SMILES string of the molecule is COc1cccc2c1CCC2(N)C(=O)NC1CCCC1. The number of hydrogen-bond donors (Lipinski definition) is 2. The van der Waals surface area contributed by atoms with E-state index in [0.29, 0.717) is 12.5 Å². The standard InChI is InChI=1S/C16H22N2O2/c1-20-14-8-4-7-13-12(14)9-10-16(13,17)15(19)18-11-5-2-3-6-11/h4,7-8,11H,2-3,5-6,9-10,17H2,1H3,(H,18,19). The van der Waals surface area contributed by atoms with E-state index >= 15 is 0 Å². The van der Waals surface area contributed by atoms with E-state index < -0.39 is 5.54 Å². The number of fused-ring (bicyclic) bond motifs is 1. The number of rotatable bonds is 3. The van der Waals surface area contributed by atoms with Gasteiger partial charge in [0.15, 0.2) is 0 Å². The Labute approximate surface area is 119 Å². The zero-order valence-corrected chi connectivity index (χ0v) is 11.9. The first kappa shape index (κ1) is 13.4. The lowest BCUT2D eigenvalue weighted by molar-refractivity contribution is -0.127. The number of nitrogens with two attached hydrogens (primary N) is 1. The molecular weight excluding hydrogens is 252 g/mol. The number of methoxy groups -OCH3 is 1. The van der Waals surface area contributed by atoms with Crippen LogP contribution in [0.1, 0.15) is 43.2 Å². The van der Waals surface area contributed by atoms with Crippen molar-refractivity contribution in [3.63, 3.8) is 0 Å². The molecule has 1 aromatic rings. The molecule has 0 heterocycles. The molecule has 1 aromatic carbocycles. The molecule has 1 fully saturated rings. The Kier molecular flexibility index (Phi) is 3.42. The molecule has 108 valence electrons. The summed E-state index contributed by atoms with van der Waals surface area (Å²) >= 11 is 0. The molecule has 4 nitrogen and oxygen atoms in total. The highest BCUT2D eigenvalue weighted by atomic mass is 16.5. The van der Waals surface area contributed by atoms with Gasteiger partial charge in [0.1, 0.15) is 11.3 Å². The third-order valence-corrected chi connectivity index (χ3v) is 4.70. The van der Waals surface area contributed by atoms with Gasteiger partial charge >= 0.3 is 0 Å². The van der Waals surface area contributed by atoms with Gasteiger partial charge in [-0.25, -0.2) is 0 Å². The van der Waals surface area contributed by atoms with Gasteiger partial charge in [0, 0.05) is 6.04 Å². The number of ether oxygens (including phenoxy) is 1. The smallest absolute Gasteiger partial charge is 0.244 e. The van der Waals surface area contributed by atoms with Crippen molar-refractivity contribution >= 4 is 5.91 Å². The second kappa shape index (κ2) is 5.09. The summed E-state index contributed by atoms with van der Waals surface area (Å²) in [7, 11) is 1.66. The third-order valence-electron chi connectivity index (χ3n) is 4.70. The lowest BCUT2D eigenvalue weighted by atomic mass is 9.91. The van der Waals surface area contributed by atoms with E-state index in [1.807, 2.05) is 18.2 Å². The van der Waals surface area contributed by atoms with E-state index in [0.717, 1.165) is 36.1 Å². The molecule has 3 N–H and O–H groups in total. The minimum absolute atomic E-state index is 0.0311. The molecule has 0 aliphatic heterocycles. The summed E-state index contributed by atoms with van der Waals surface area (Å²) in [5.41, 5.74) is 7.56. The first-order valence-corrected chi connectivity index (χ1v) is 7.41. The fourth-order valence-corrected chi connectivity index (χ4v) is 3.51. The summed E-state index contributed by atoms with van der Waals surface area (Å²) < 4.78 is 5.38. The molecule has 1 unspecified atom stereocenters. The molecule has 1 atom stereocenters. The predicted octanol–water partition coefficient (Wildman–Crippen LogP) is 1.85. The minimum atomic E-state index is -0.896. The molecule has 2 aliphatic carbocycles. The Balaban J connectivity index is 1.85. The molecule has 1 saturated carbocycles. The van der Waals surface area contributed by atoms with Gasteiger partial charge in [0.05, 0.1) is 7.11 Å². The molecule has 0 bridgehead atoms. The Morgan fingerprint density at radius 3 is 2.85 bits per heavy atom. The minimum Gasteiger partial charge on any atom is -0.496 e. The van der Waals surface area contributed by atoms with Gasteiger partial charge in [-0.05, 0) is 42.9 Å². The Morgan fingerprint density at radius 2 is 2.15 bits per heavy atom. The summed E-state index contributed by atoms with van der Waals surface area (Å²) in [6.07, 6.45) is 6.01. The number of carbonyl (C=O) groups is 1. The van der Waals surface area contributed by atoms with Gasteiger partial charge < -0.3 is 15.8 Å². The van der Waals surface area contributed by atoms with Crippen LogP contribution in [-0.2, 0) is 16.8 Å². The quantitative estimate of drug-likeness (QED) is 0.884. The molecule has 0 saturated heterocycles. The van der Waals surface area contributed by atoms with Crippen LogP contribution in [0.15, 0.2) is 18.2 Å². The largest absolute Gasteiger partial charge is 0.496 e. The van der Waals surface area contributed by atoms with E-state index in [1.165, 1.54) is 12.8 Å². The predicted molar refractivity (Wildman–Crippen MR) is 77.6 cm³/mol. The summed E-state index contributed by atoms with van der Waals surface area (Å²) in [6, 6.07) is 6.10. The highest BCUT2D eigenvalue weighted by molar-refractivity contribution is 5.89. The lowest BCUT2D eigenvalue weighted by Gasteiger charge is -2.26. The van der Waals surface area contributed by atoms with E-state index in [-0.39, 0.29) is 5.91 Å². The normalized spacial score (nSPS) is 25.5. The van der Waals surface area contributed by atoms with Crippen molar-refractivity contribution in [2.24, 2.45) is 5.73 Å². The topological polar surface area (TPSA) is 64.3 Å². The molecular formula is C16H22N2O2. The van der Waals surface area contributed by atoms with E-state index in [2.05, 4.69) is 5.32 Å². The number of hydrogen-bond acceptors (Lipinski definition) is 3. The van der Waals surface area contributed by atoms with Crippen molar-refractivity contribution in [1.29, 1.82) is 0 Å². The Bertz CT molecular complexity index is 523. The molecule has 0 aromatic heterocycles. The van der Waals surface area contributed by atoms with Crippen molar-refractivity contribution in [2.45, 2.75) is 50.1 Å². The molecule has 20 heavy (non-hydrogen) atoms. The average molecular weight is 274 g/mol. The van der Waals surface area contributed by atoms with Crippen LogP contribution >= 0.6 is 0 Å². The summed E-state index contributed by atoms with van der Waals surface area (Å²) in [4.78, 5) is 12.6. The summed E-state index contributed by atoms with van der Waals surface area (Å²) in [6.45, 7) is 0. The van der Waals surface area contributed by atoms with Gasteiger partial charge in [0.25, 0.3) is 0 Å². The molecule has 0 spiro atoms. The maximum atomic E-state index is 12.6. The maximum Gasteiger partial charge on any atom is 0.244 e. The van der Waals surface area contributed by atoms with Gasteiger partial charge in [-0.3, -0.25) is 4.79 Å². The Hall–Kier alpha value is -1.55. The first-order chi connectivity index (χ1) is 9.65. The monoisotopic (exact) mass is 274 g/mol. The van der Waals surface area contributed by atoms with Crippen molar-refractivity contribution in [3.8, 4) is 5.75 Å². The maximum absolute atomic E-state index is 12.6. The van der Waals surface area contributed by atoms with Crippen LogP contribution in [0, 0.1) is 0 Å². The molecule has 4 heteroatoms. The number of nitrogens with one attached hydrogen (secondary N) is 1. The number of benzene rings is 1.